The Balaban J connectivity index is 1.65. The number of ketones is 2. The van der Waals surface area contributed by atoms with Gasteiger partial charge in [-0.25, -0.2) is 0 Å². The average Bonchev–Trinajstić information content (AvgIpc) is 2.80. The van der Waals surface area contributed by atoms with Crippen molar-refractivity contribution in [3.8, 4) is 0 Å². The van der Waals surface area contributed by atoms with Crippen molar-refractivity contribution >= 4 is 11.6 Å². The highest BCUT2D eigenvalue weighted by Crippen LogP contribution is 2.64. The highest BCUT2D eigenvalue weighted by molar-refractivity contribution is 5.91. The van der Waals surface area contributed by atoms with Crippen LogP contribution in [0.1, 0.15) is 65.2 Å². The van der Waals surface area contributed by atoms with Crippen LogP contribution in [0.4, 0.5) is 0 Å². The second-order valence-electron chi connectivity index (χ2n) is 8.71. The largest absolute Gasteiger partial charge is 0.382 e. The number of Topliss-reactive ketones (excluding diaryl/α,β-unsaturated/α-hetero) is 1. The second kappa shape index (κ2) is 5.02. The molecule has 0 amide bonds. The van der Waals surface area contributed by atoms with E-state index in [0.717, 1.165) is 38.5 Å². The molecule has 3 fully saturated rings. The van der Waals surface area contributed by atoms with Gasteiger partial charge in [-0.2, -0.15) is 0 Å². The zero-order valence-electron chi connectivity index (χ0n) is 14.3. The quantitative estimate of drug-likeness (QED) is 0.806. The molecular formula is C20H28O3. The fourth-order valence-corrected chi connectivity index (χ4v) is 6.78. The van der Waals surface area contributed by atoms with Crippen molar-refractivity contribution in [3.63, 3.8) is 0 Å². The lowest BCUT2D eigenvalue weighted by molar-refractivity contribution is -0.157. The maximum Gasteiger partial charge on any atom is 0.161 e. The zero-order valence-corrected chi connectivity index (χ0v) is 14.3. The topological polar surface area (TPSA) is 54.4 Å². The van der Waals surface area contributed by atoms with Gasteiger partial charge in [-0.3, -0.25) is 9.59 Å². The molecule has 0 spiro atoms. The minimum absolute atomic E-state index is 0.0411. The van der Waals surface area contributed by atoms with E-state index in [1.165, 1.54) is 5.57 Å². The van der Waals surface area contributed by atoms with Crippen molar-refractivity contribution in [2.75, 3.05) is 0 Å². The highest BCUT2D eigenvalue weighted by atomic mass is 16.3. The fourth-order valence-electron chi connectivity index (χ4n) is 6.78. The second-order valence-corrected chi connectivity index (χ2v) is 8.71. The summed E-state index contributed by atoms with van der Waals surface area (Å²) in [6, 6.07) is 0. The lowest BCUT2D eigenvalue weighted by atomic mass is 9.50. The van der Waals surface area contributed by atoms with Gasteiger partial charge in [0.15, 0.2) is 11.6 Å². The Hall–Kier alpha value is -0.960. The summed E-state index contributed by atoms with van der Waals surface area (Å²) in [6.07, 6.45) is 9.51. The third kappa shape index (κ3) is 1.98. The number of rotatable bonds is 1. The average molecular weight is 316 g/mol. The number of fused-ring (bicyclic) bond motifs is 5. The lowest BCUT2D eigenvalue weighted by Crippen LogP contribution is -2.55. The molecule has 0 aromatic heterocycles. The Kier molecular flexibility index (Phi) is 3.39. The van der Waals surface area contributed by atoms with Crippen LogP contribution in [-0.4, -0.2) is 22.3 Å². The summed E-state index contributed by atoms with van der Waals surface area (Å²) in [4.78, 5) is 23.9. The zero-order chi connectivity index (χ0) is 16.4. The van der Waals surface area contributed by atoms with Crippen LogP contribution in [0.5, 0.6) is 0 Å². The predicted molar refractivity (Wildman–Crippen MR) is 87.7 cm³/mol. The van der Waals surface area contributed by atoms with Crippen LogP contribution in [-0.2, 0) is 9.59 Å². The number of hydrogen-bond acceptors (Lipinski definition) is 3. The summed E-state index contributed by atoms with van der Waals surface area (Å²) in [7, 11) is 0. The molecule has 0 saturated heterocycles. The van der Waals surface area contributed by atoms with E-state index in [1.807, 2.05) is 6.08 Å². The number of carbonyl (C=O) groups is 2. The van der Waals surface area contributed by atoms with E-state index in [-0.39, 0.29) is 11.2 Å². The molecule has 0 bridgehead atoms. The van der Waals surface area contributed by atoms with Crippen LogP contribution in [0, 0.1) is 29.1 Å². The van der Waals surface area contributed by atoms with Gasteiger partial charge in [0.2, 0.25) is 0 Å². The first-order chi connectivity index (χ1) is 10.9. The normalized spacial score (nSPS) is 49.0. The predicted octanol–water partition coefficient (Wildman–Crippen LogP) is 3.45. The SMILES string of the molecule is CC(=O)[C@@]1(O)CC[C@@H]2[C@@H]3CCC4=CC(=O)CC[C@@H]4[C@@H]3CC[C@]21C. The molecule has 0 aliphatic heterocycles. The van der Waals surface area contributed by atoms with Gasteiger partial charge in [0.1, 0.15) is 5.60 Å². The van der Waals surface area contributed by atoms with E-state index in [2.05, 4.69) is 6.92 Å². The molecule has 4 rings (SSSR count). The Morgan fingerprint density at radius 1 is 1.13 bits per heavy atom. The molecule has 3 heteroatoms. The molecule has 1 N–H and O–H groups in total. The van der Waals surface area contributed by atoms with Gasteiger partial charge in [0.25, 0.3) is 0 Å². The molecule has 4 aliphatic rings. The number of carbonyl (C=O) groups excluding carboxylic acids is 2. The van der Waals surface area contributed by atoms with Crippen molar-refractivity contribution in [1.29, 1.82) is 0 Å². The van der Waals surface area contributed by atoms with Crippen molar-refractivity contribution in [3.05, 3.63) is 11.6 Å². The van der Waals surface area contributed by atoms with E-state index in [4.69, 9.17) is 0 Å². The summed E-state index contributed by atoms with van der Waals surface area (Å²) >= 11 is 0. The minimum Gasteiger partial charge on any atom is -0.382 e. The lowest BCUT2D eigenvalue weighted by Gasteiger charge is -2.55. The van der Waals surface area contributed by atoms with Crippen molar-refractivity contribution in [1.82, 2.24) is 0 Å². The third-order valence-electron chi connectivity index (χ3n) is 8.03. The Labute approximate surface area is 138 Å². The molecule has 0 aromatic carbocycles. The van der Waals surface area contributed by atoms with Gasteiger partial charge >= 0.3 is 0 Å². The van der Waals surface area contributed by atoms with Crippen LogP contribution in [0.2, 0.25) is 0 Å². The standard InChI is InChI=1S/C20H28O3/c1-12(21)20(23)10-8-18-17-5-3-13-11-14(22)4-6-15(13)16(17)7-9-19(18,20)2/h11,15-18,23H,3-10H2,1-2H3/t15-,16-,17+,18+,19+,20-/m0/s1. The van der Waals surface area contributed by atoms with Gasteiger partial charge in [-0.05, 0) is 81.6 Å². The van der Waals surface area contributed by atoms with Crippen molar-refractivity contribution in [2.45, 2.75) is 70.8 Å². The Morgan fingerprint density at radius 2 is 1.91 bits per heavy atom. The first-order valence-electron chi connectivity index (χ1n) is 9.33. The molecule has 0 aromatic rings. The van der Waals surface area contributed by atoms with E-state index >= 15 is 0 Å². The van der Waals surface area contributed by atoms with Gasteiger partial charge in [-0.1, -0.05) is 12.5 Å². The number of aliphatic hydroxyl groups is 1. The fraction of sp³-hybridized carbons (Fsp3) is 0.800. The van der Waals surface area contributed by atoms with Crippen LogP contribution in [0.3, 0.4) is 0 Å². The summed E-state index contributed by atoms with van der Waals surface area (Å²) in [6.45, 7) is 3.73. The Morgan fingerprint density at radius 3 is 2.65 bits per heavy atom. The van der Waals surface area contributed by atoms with Crippen LogP contribution < -0.4 is 0 Å². The van der Waals surface area contributed by atoms with E-state index in [0.29, 0.717) is 42.3 Å². The van der Waals surface area contributed by atoms with Gasteiger partial charge in [0.05, 0.1) is 0 Å². The number of allylic oxidation sites excluding steroid dienone is 1. The Bertz CT molecular complexity index is 592. The molecule has 3 nitrogen and oxygen atoms in total. The van der Waals surface area contributed by atoms with Gasteiger partial charge < -0.3 is 5.11 Å². The first kappa shape index (κ1) is 15.6. The summed E-state index contributed by atoms with van der Waals surface area (Å²) in [5.41, 5.74) is 0.0402. The summed E-state index contributed by atoms with van der Waals surface area (Å²) in [5.74, 6) is 2.60. The first-order valence-corrected chi connectivity index (χ1v) is 9.33. The third-order valence-corrected chi connectivity index (χ3v) is 8.03. The van der Waals surface area contributed by atoms with E-state index in [9.17, 15) is 14.7 Å². The maximum absolute atomic E-state index is 12.2. The highest BCUT2D eigenvalue weighted by Gasteiger charge is 2.64. The molecule has 23 heavy (non-hydrogen) atoms. The monoisotopic (exact) mass is 316 g/mol. The van der Waals surface area contributed by atoms with Crippen molar-refractivity contribution < 1.29 is 14.7 Å². The van der Waals surface area contributed by atoms with Crippen LogP contribution >= 0.6 is 0 Å². The summed E-state index contributed by atoms with van der Waals surface area (Å²) in [5, 5.41) is 11.1. The molecule has 0 unspecified atom stereocenters. The van der Waals surface area contributed by atoms with Crippen LogP contribution in [0.25, 0.3) is 0 Å². The molecule has 0 heterocycles. The maximum atomic E-state index is 12.2. The smallest absolute Gasteiger partial charge is 0.161 e. The molecule has 4 aliphatic carbocycles. The molecule has 3 saturated carbocycles. The number of hydrogen-bond donors (Lipinski definition) is 1. The molecular weight excluding hydrogens is 288 g/mol. The van der Waals surface area contributed by atoms with E-state index in [1.54, 1.807) is 6.92 Å². The van der Waals surface area contributed by atoms with Crippen molar-refractivity contribution in [2.24, 2.45) is 29.1 Å². The molecule has 6 atom stereocenters. The van der Waals surface area contributed by atoms with Gasteiger partial charge in [0, 0.05) is 11.8 Å². The summed E-state index contributed by atoms with van der Waals surface area (Å²) < 4.78 is 0. The molecule has 126 valence electrons. The van der Waals surface area contributed by atoms with Crippen LogP contribution in [0.15, 0.2) is 11.6 Å². The molecule has 0 radical (unpaired) electrons. The minimum atomic E-state index is -1.11. The van der Waals surface area contributed by atoms with Gasteiger partial charge in [-0.15, -0.1) is 0 Å². The van der Waals surface area contributed by atoms with E-state index < -0.39 is 5.60 Å².